The molecular weight excluding hydrogens is 252 g/mol. The van der Waals surface area contributed by atoms with Crippen molar-refractivity contribution in [1.29, 1.82) is 0 Å². The van der Waals surface area contributed by atoms with Gasteiger partial charge in [-0.05, 0) is 43.7 Å². The number of nitrogens with zero attached hydrogens (tertiary/aromatic N) is 3. The maximum Gasteiger partial charge on any atom is 0.170 e. The number of hydrogen-bond donors (Lipinski definition) is 2. The Hall–Kier alpha value is -2.56. The Morgan fingerprint density at radius 1 is 1.35 bits per heavy atom. The van der Waals surface area contributed by atoms with Crippen LogP contribution in [0.2, 0.25) is 0 Å². The molecule has 1 aromatic carbocycles. The molecule has 5 nitrogen and oxygen atoms in total. The molecule has 0 saturated carbocycles. The maximum absolute atomic E-state index is 8.76. The predicted octanol–water partition coefficient (Wildman–Crippen LogP) is 2.64. The zero-order chi connectivity index (χ0) is 14.5. The van der Waals surface area contributed by atoms with Gasteiger partial charge in [-0.1, -0.05) is 17.3 Å². The van der Waals surface area contributed by atoms with Gasteiger partial charge in [-0.3, -0.25) is 0 Å². The minimum atomic E-state index is 0.0777. The van der Waals surface area contributed by atoms with E-state index in [0.717, 1.165) is 18.1 Å². The van der Waals surface area contributed by atoms with Gasteiger partial charge in [0.1, 0.15) is 5.82 Å². The minimum Gasteiger partial charge on any atom is -0.409 e. The van der Waals surface area contributed by atoms with Crippen molar-refractivity contribution >= 4 is 17.3 Å². The number of benzene rings is 1. The lowest BCUT2D eigenvalue weighted by Crippen LogP contribution is -2.19. The van der Waals surface area contributed by atoms with Gasteiger partial charge >= 0.3 is 0 Å². The summed E-state index contributed by atoms with van der Waals surface area (Å²) >= 11 is 0. The number of amidine groups is 1. The van der Waals surface area contributed by atoms with Crippen LogP contribution in [0, 0.1) is 6.92 Å². The number of anilines is 2. The smallest absolute Gasteiger partial charge is 0.170 e. The van der Waals surface area contributed by atoms with E-state index in [1.807, 2.05) is 12.1 Å². The molecule has 0 spiro atoms. The second-order valence-electron chi connectivity index (χ2n) is 4.47. The van der Waals surface area contributed by atoms with Crippen LogP contribution in [-0.4, -0.2) is 22.6 Å². The molecule has 1 heterocycles. The van der Waals surface area contributed by atoms with Crippen molar-refractivity contribution in [3.05, 3.63) is 53.7 Å². The fourth-order valence-electron chi connectivity index (χ4n) is 2.06. The first-order valence-corrected chi connectivity index (χ1v) is 6.44. The summed E-state index contributed by atoms with van der Waals surface area (Å²) in [6.45, 7) is 4.88. The van der Waals surface area contributed by atoms with Crippen LogP contribution in [0.15, 0.2) is 47.8 Å². The van der Waals surface area contributed by atoms with E-state index in [-0.39, 0.29) is 5.84 Å². The molecule has 0 aliphatic heterocycles. The van der Waals surface area contributed by atoms with Crippen molar-refractivity contribution in [3.8, 4) is 0 Å². The Kier molecular flexibility index (Phi) is 4.20. The van der Waals surface area contributed by atoms with Gasteiger partial charge in [0.05, 0.1) is 0 Å². The third-order valence-electron chi connectivity index (χ3n) is 3.06. The first-order chi connectivity index (χ1) is 9.65. The van der Waals surface area contributed by atoms with Crippen LogP contribution in [0.4, 0.5) is 11.5 Å². The number of oxime groups is 1. The van der Waals surface area contributed by atoms with Crippen LogP contribution in [0.1, 0.15) is 18.1 Å². The average Bonchev–Trinajstić information content (AvgIpc) is 2.47. The molecular formula is C15H18N4O. The van der Waals surface area contributed by atoms with E-state index in [1.54, 1.807) is 18.3 Å². The summed E-state index contributed by atoms with van der Waals surface area (Å²) in [7, 11) is 0. The summed E-state index contributed by atoms with van der Waals surface area (Å²) in [4.78, 5) is 6.44. The van der Waals surface area contributed by atoms with Crippen LogP contribution < -0.4 is 10.6 Å². The van der Waals surface area contributed by atoms with Crippen LogP contribution >= 0.6 is 0 Å². The van der Waals surface area contributed by atoms with Gasteiger partial charge in [0.25, 0.3) is 0 Å². The van der Waals surface area contributed by atoms with Crippen molar-refractivity contribution < 1.29 is 5.21 Å². The van der Waals surface area contributed by atoms with Gasteiger partial charge in [-0.25, -0.2) is 4.98 Å². The zero-order valence-corrected chi connectivity index (χ0v) is 11.6. The van der Waals surface area contributed by atoms with Crippen LogP contribution in [-0.2, 0) is 0 Å². The summed E-state index contributed by atoms with van der Waals surface area (Å²) in [5, 5.41) is 11.8. The summed E-state index contributed by atoms with van der Waals surface area (Å²) < 4.78 is 0. The monoisotopic (exact) mass is 270 g/mol. The lowest BCUT2D eigenvalue weighted by molar-refractivity contribution is 0.318. The standard InChI is InChI=1S/C15H18N4O/c1-3-19(13-6-4-5-11(2)9-13)14-10-12(7-8-17-14)15(16)18-20/h4-10,20H,3H2,1-2H3,(H2,16,18). The first-order valence-electron chi connectivity index (χ1n) is 6.44. The highest BCUT2D eigenvalue weighted by Crippen LogP contribution is 2.24. The zero-order valence-electron chi connectivity index (χ0n) is 11.6. The van der Waals surface area contributed by atoms with Gasteiger partial charge in [0, 0.05) is 24.0 Å². The molecule has 1 aromatic heterocycles. The van der Waals surface area contributed by atoms with E-state index >= 15 is 0 Å². The largest absolute Gasteiger partial charge is 0.409 e. The number of aromatic nitrogens is 1. The van der Waals surface area contributed by atoms with E-state index in [1.165, 1.54) is 5.56 Å². The second-order valence-corrected chi connectivity index (χ2v) is 4.47. The van der Waals surface area contributed by atoms with Crippen molar-refractivity contribution in [2.45, 2.75) is 13.8 Å². The normalized spacial score (nSPS) is 11.4. The summed E-state index contributed by atoms with van der Waals surface area (Å²) in [6.07, 6.45) is 1.65. The Labute approximate surface area is 118 Å². The average molecular weight is 270 g/mol. The molecule has 0 bridgehead atoms. The molecule has 104 valence electrons. The highest BCUT2D eigenvalue weighted by molar-refractivity contribution is 5.97. The molecule has 5 heteroatoms. The molecule has 2 rings (SSSR count). The van der Waals surface area contributed by atoms with Crippen LogP contribution in [0.3, 0.4) is 0 Å². The van der Waals surface area contributed by atoms with E-state index in [9.17, 15) is 0 Å². The van der Waals surface area contributed by atoms with Crippen LogP contribution in [0.5, 0.6) is 0 Å². The number of nitrogens with two attached hydrogens (primary N) is 1. The molecule has 0 aliphatic rings. The maximum atomic E-state index is 8.76. The molecule has 3 N–H and O–H groups in total. The summed E-state index contributed by atoms with van der Waals surface area (Å²) in [5.41, 5.74) is 8.52. The Morgan fingerprint density at radius 2 is 2.15 bits per heavy atom. The summed E-state index contributed by atoms with van der Waals surface area (Å²) in [6, 6.07) is 11.7. The molecule has 0 atom stereocenters. The van der Waals surface area contributed by atoms with Crippen LogP contribution in [0.25, 0.3) is 0 Å². The van der Waals surface area contributed by atoms with Gasteiger partial charge in [0.15, 0.2) is 5.84 Å². The third-order valence-corrected chi connectivity index (χ3v) is 3.06. The Morgan fingerprint density at radius 3 is 2.80 bits per heavy atom. The molecule has 0 amide bonds. The van der Waals surface area contributed by atoms with E-state index in [4.69, 9.17) is 10.9 Å². The molecule has 0 aliphatic carbocycles. The number of pyridine rings is 1. The highest BCUT2D eigenvalue weighted by Gasteiger charge is 2.10. The lowest BCUT2D eigenvalue weighted by atomic mass is 10.2. The molecule has 0 unspecified atom stereocenters. The number of aryl methyl sites for hydroxylation is 1. The number of rotatable bonds is 4. The Bertz CT molecular complexity index is 625. The Balaban J connectivity index is 2.42. The van der Waals surface area contributed by atoms with Gasteiger partial charge in [0.2, 0.25) is 0 Å². The summed E-state index contributed by atoms with van der Waals surface area (Å²) in [5.74, 6) is 0.844. The molecule has 20 heavy (non-hydrogen) atoms. The van der Waals surface area contributed by atoms with Gasteiger partial charge in [-0.2, -0.15) is 0 Å². The molecule has 2 aromatic rings. The SMILES string of the molecule is CCN(c1cccc(C)c1)c1cc(/C(N)=N/O)ccn1. The topological polar surface area (TPSA) is 74.7 Å². The fraction of sp³-hybridized carbons (Fsp3) is 0.200. The highest BCUT2D eigenvalue weighted by atomic mass is 16.4. The van der Waals surface area contributed by atoms with Gasteiger partial charge < -0.3 is 15.8 Å². The second kappa shape index (κ2) is 6.06. The molecule has 0 radical (unpaired) electrons. The van der Waals surface area contributed by atoms with Crippen molar-refractivity contribution in [2.24, 2.45) is 10.9 Å². The number of hydrogen-bond acceptors (Lipinski definition) is 4. The minimum absolute atomic E-state index is 0.0777. The molecule has 0 fully saturated rings. The van der Waals surface area contributed by atoms with Crippen molar-refractivity contribution in [2.75, 3.05) is 11.4 Å². The van der Waals surface area contributed by atoms with E-state index in [0.29, 0.717) is 5.56 Å². The van der Waals surface area contributed by atoms with E-state index < -0.39 is 0 Å². The lowest BCUT2D eigenvalue weighted by Gasteiger charge is -2.22. The predicted molar refractivity (Wildman–Crippen MR) is 80.6 cm³/mol. The van der Waals surface area contributed by atoms with Crippen molar-refractivity contribution in [3.63, 3.8) is 0 Å². The molecule has 0 saturated heterocycles. The van der Waals surface area contributed by atoms with E-state index in [2.05, 4.69) is 41.0 Å². The quantitative estimate of drug-likeness (QED) is 0.387. The fourth-order valence-corrected chi connectivity index (χ4v) is 2.06. The third kappa shape index (κ3) is 2.88. The van der Waals surface area contributed by atoms with Crippen molar-refractivity contribution in [1.82, 2.24) is 4.98 Å². The first kappa shape index (κ1) is 13.9. The van der Waals surface area contributed by atoms with Gasteiger partial charge in [-0.15, -0.1) is 0 Å².